The van der Waals surface area contributed by atoms with Crippen molar-refractivity contribution < 1.29 is 33.7 Å². The van der Waals surface area contributed by atoms with Crippen LogP contribution in [0.2, 0.25) is 0 Å². The number of amides is 1. The zero-order chi connectivity index (χ0) is 25.1. The number of phenols is 1. The zero-order valence-corrected chi connectivity index (χ0v) is 19.2. The average Bonchev–Trinajstić information content (AvgIpc) is 3.10. The van der Waals surface area contributed by atoms with E-state index in [0.717, 1.165) is 11.0 Å². The van der Waals surface area contributed by atoms with Gasteiger partial charge in [-0.25, -0.2) is 4.39 Å². The summed E-state index contributed by atoms with van der Waals surface area (Å²) in [7, 11) is 0. The molecule has 0 bridgehead atoms. The molecule has 3 aromatic carbocycles. The van der Waals surface area contributed by atoms with Gasteiger partial charge in [0.15, 0.2) is 0 Å². The number of aliphatic hydroxyl groups is 1. The first-order valence-electron chi connectivity index (χ1n) is 11.1. The van der Waals surface area contributed by atoms with E-state index in [9.17, 15) is 24.2 Å². The van der Waals surface area contributed by atoms with Gasteiger partial charge in [0.2, 0.25) is 0 Å². The predicted molar refractivity (Wildman–Crippen MR) is 128 cm³/mol. The largest absolute Gasteiger partial charge is 0.508 e. The second-order valence-corrected chi connectivity index (χ2v) is 7.77. The summed E-state index contributed by atoms with van der Waals surface area (Å²) >= 11 is 0. The Bertz CT molecular complexity index is 1320. The molecule has 1 aliphatic rings. The molecule has 0 radical (unpaired) electrons. The van der Waals surface area contributed by atoms with Crippen molar-refractivity contribution in [1.82, 2.24) is 0 Å². The number of hydrogen-bond donors (Lipinski definition) is 2. The number of rotatable bonds is 7. The van der Waals surface area contributed by atoms with Gasteiger partial charge in [-0.3, -0.25) is 14.5 Å². The van der Waals surface area contributed by atoms with E-state index in [1.165, 1.54) is 30.3 Å². The van der Waals surface area contributed by atoms with Crippen molar-refractivity contribution >= 4 is 23.1 Å². The van der Waals surface area contributed by atoms with Crippen LogP contribution in [-0.2, 0) is 9.59 Å². The Labute approximate surface area is 201 Å². The van der Waals surface area contributed by atoms with Gasteiger partial charge in [0, 0.05) is 11.8 Å². The molecule has 1 unspecified atom stereocenters. The molecular weight excluding hydrogens is 453 g/mol. The molecule has 0 aliphatic carbocycles. The topological polar surface area (TPSA) is 96.3 Å². The van der Waals surface area contributed by atoms with Crippen LogP contribution in [0.4, 0.5) is 10.1 Å². The van der Waals surface area contributed by atoms with Gasteiger partial charge in [0.25, 0.3) is 11.7 Å². The van der Waals surface area contributed by atoms with Gasteiger partial charge in [-0.05, 0) is 61.9 Å². The highest BCUT2D eigenvalue weighted by Gasteiger charge is 2.47. The Morgan fingerprint density at radius 2 is 1.71 bits per heavy atom. The maximum Gasteiger partial charge on any atom is 0.300 e. The molecule has 0 saturated carbocycles. The highest BCUT2D eigenvalue weighted by atomic mass is 19.1. The third kappa shape index (κ3) is 4.55. The number of nitrogens with zero attached hydrogens (tertiary/aromatic N) is 1. The van der Waals surface area contributed by atoms with Crippen LogP contribution in [0.25, 0.3) is 5.76 Å². The standard InChI is InChI=1S/C27H24FNO6/c1-3-34-20-11-12-21(22(15-20)35-4-2)25(31)23-24(16-7-5-10-19(30)13-16)29(27(33)26(23)32)18-9-6-8-17(28)14-18/h5-15,24,30-31H,3-4H2,1-2H3/b25-23-. The lowest BCUT2D eigenvalue weighted by Crippen LogP contribution is -2.29. The van der Waals surface area contributed by atoms with E-state index in [-0.39, 0.29) is 34.9 Å². The summed E-state index contributed by atoms with van der Waals surface area (Å²) in [5.41, 5.74) is 0.475. The number of benzene rings is 3. The highest BCUT2D eigenvalue weighted by Crippen LogP contribution is 2.44. The van der Waals surface area contributed by atoms with Gasteiger partial charge in [-0.15, -0.1) is 0 Å². The fraction of sp³-hybridized carbons (Fsp3) is 0.185. The van der Waals surface area contributed by atoms with E-state index >= 15 is 0 Å². The molecule has 1 atom stereocenters. The van der Waals surface area contributed by atoms with Crippen LogP contribution in [0.15, 0.2) is 72.3 Å². The predicted octanol–water partition coefficient (Wildman–Crippen LogP) is 4.96. The molecule has 8 heteroatoms. The molecule has 4 rings (SSSR count). The number of aromatic hydroxyl groups is 1. The van der Waals surface area contributed by atoms with Gasteiger partial charge in [0.1, 0.15) is 28.8 Å². The lowest BCUT2D eigenvalue weighted by molar-refractivity contribution is -0.132. The number of ketones is 1. The van der Waals surface area contributed by atoms with Crippen LogP contribution in [0, 0.1) is 5.82 Å². The lowest BCUT2D eigenvalue weighted by atomic mass is 9.94. The summed E-state index contributed by atoms with van der Waals surface area (Å²) in [6, 6.07) is 14.9. The van der Waals surface area contributed by atoms with E-state index < -0.39 is 29.3 Å². The lowest BCUT2D eigenvalue weighted by Gasteiger charge is -2.25. The molecule has 1 saturated heterocycles. The number of carbonyl (C=O) groups is 2. The number of anilines is 1. The van der Waals surface area contributed by atoms with Gasteiger partial charge in [0.05, 0.1) is 30.4 Å². The van der Waals surface area contributed by atoms with Crippen LogP contribution in [0.3, 0.4) is 0 Å². The quantitative estimate of drug-likeness (QED) is 0.284. The Hall–Kier alpha value is -4.33. The van der Waals surface area contributed by atoms with Crippen molar-refractivity contribution in [3.8, 4) is 17.2 Å². The van der Waals surface area contributed by atoms with Gasteiger partial charge in [-0.2, -0.15) is 0 Å². The van der Waals surface area contributed by atoms with E-state index in [1.54, 1.807) is 37.3 Å². The number of hydrogen-bond acceptors (Lipinski definition) is 6. The van der Waals surface area contributed by atoms with Crippen LogP contribution >= 0.6 is 0 Å². The number of phenolic OH excluding ortho intramolecular Hbond substituents is 1. The monoisotopic (exact) mass is 477 g/mol. The van der Waals surface area contributed by atoms with Crippen molar-refractivity contribution in [3.63, 3.8) is 0 Å². The molecule has 7 nitrogen and oxygen atoms in total. The number of Topliss-reactive ketones (excluding diaryl/α,β-unsaturated/α-hetero) is 1. The first kappa shape index (κ1) is 23.8. The molecule has 35 heavy (non-hydrogen) atoms. The third-order valence-corrected chi connectivity index (χ3v) is 5.54. The van der Waals surface area contributed by atoms with Crippen LogP contribution in [0.1, 0.15) is 31.0 Å². The van der Waals surface area contributed by atoms with Crippen LogP contribution in [-0.4, -0.2) is 35.1 Å². The maximum atomic E-state index is 14.0. The molecule has 1 heterocycles. The molecule has 0 spiro atoms. The molecule has 0 aromatic heterocycles. The van der Waals surface area contributed by atoms with Crippen molar-refractivity contribution in [2.24, 2.45) is 0 Å². The normalized spacial score (nSPS) is 17.0. The minimum absolute atomic E-state index is 0.0941. The Morgan fingerprint density at radius 1 is 0.971 bits per heavy atom. The zero-order valence-electron chi connectivity index (χ0n) is 19.2. The maximum absolute atomic E-state index is 14.0. The van der Waals surface area contributed by atoms with Crippen LogP contribution < -0.4 is 14.4 Å². The summed E-state index contributed by atoms with van der Waals surface area (Å²) < 4.78 is 25.2. The molecule has 1 fully saturated rings. The first-order chi connectivity index (χ1) is 16.8. The van der Waals surface area contributed by atoms with Gasteiger partial charge < -0.3 is 19.7 Å². The summed E-state index contributed by atoms with van der Waals surface area (Å²) in [6.07, 6.45) is 0. The number of halogens is 1. The van der Waals surface area contributed by atoms with E-state index in [4.69, 9.17) is 9.47 Å². The van der Waals surface area contributed by atoms with Gasteiger partial charge >= 0.3 is 0 Å². The number of ether oxygens (including phenoxy) is 2. The highest BCUT2D eigenvalue weighted by molar-refractivity contribution is 6.51. The van der Waals surface area contributed by atoms with E-state index in [2.05, 4.69) is 0 Å². The number of carbonyl (C=O) groups excluding carboxylic acids is 2. The third-order valence-electron chi connectivity index (χ3n) is 5.54. The molecule has 1 amide bonds. The number of aliphatic hydroxyl groups excluding tert-OH is 1. The SMILES string of the molecule is CCOc1ccc(/C(O)=C2/C(=O)C(=O)N(c3cccc(F)c3)C2c2cccc(O)c2)c(OCC)c1. The Kier molecular flexibility index (Phi) is 6.73. The molecule has 3 aromatic rings. The molecular formula is C27H24FNO6. The molecule has 180 valence electrons. The smallest absolute Gasteiger partial charge is 0.300 e. The second-order valence-electron chi connectivity index (χ2n) is 7.77. The van der Waals surface area contributed by atoms with Crippen molar-refractivity contribution in [3.05, 3.63) is 89.2 Å². The van der Waals surface area contributed by atoms with Crippen LogP contribution in [0.5, 0.6) is 17.2 Å². The minimum Gasteiger partial charge on any atom is -0.508 e. The van der Waals surface area contributed by atoms with E-state index in [1.807, 2.05) is 6.92 Å². The van der Waals surface area contributed by atoms with Crippen molar-refractivity contribution in [2.45, 2.75) is 19.9 Å². The van der Waals surface area contributed by atoms with E-state index in [0.29, 0.717) is 17.9 Å². The van der Waals surface area contributed by atoms with Crippen molar-refractivity contribution in [1.29, 1.82) is 0 Å². The first-order valence-corrected chi connectivity index (χ1v) is 11.1. The molecule has 2 N–H and O–H groups in total. The Morgan fingerprint density at radius 3 is 2.40 bits per heavy atom. The summed E-state index contributed by atoms with van der Waals surface area (Å²) in [4.78, 5) is 27.6. The fourth-order valence-electron chi connectivity index (χ4n) is 4.11. The summed E-state index contributed by atoms with van der Waals surface area (Å²) in [5, 5.41) is 21.5. The molecule has 1 aliphatic heterocycles. The summed E-state index contributed by atoms with van der Waals surface area (Å²) in [6.45, 7) is 4.31. The summed E-state index contributed by atoms with van der Waals surface area (Å²) in [5.74, 6) is -2.25. The average molecular weight is 477 g/mol. The van der Waals surface area contributed by atoms with Crippen molar-refractivity contribution in [2.75, 3.05) is 18.1 Å². The minimum atomic E-state index is -1.12. The van der Waals surface area contributed by atoms with Gasteiger partial charge in [-0.1, -0.05) is 18.2 Å². The Balaban J connectivity index is 1.95. The fourth-order valence-corrected chi connectivity index (χ4v) is 4.11. The second kappa shape index (κ2) is 9.89.